The Hall–Kier alpha value is -1.80. The topological polar surface area (TPSA) is 87.5 Å². The van der Waals surface area contributed by atoms with E-state index in [2.05, 4.69) is 52.4 Å². The van der Waals surface area contributed by atoms with E-state index < -0.39 is 5.91 Å². The summed E-state index contributed by atoms with van der Waals surface area (Å²) < 4.78 is 1.43. The number of hydrazone groups is 1. The van der Waals surface area contributed by atoms with Gasteiger partial charge in [-0.2, -0.15) is 5.10 Å². The van der Waals surface area contributed by atoms with E-state index in [1.807, 2.05) is 0 Å². The number of halogens is 2. The van der Waals surface area contributed by atoms with Gasteiger partial charge in [-0.25, -0.2) is 15.4 Å². The Morgan fingerprint density at radius 3 is 2.60 bits per heavy atom. The molecule has 1 aromatic heterocycles. The summed E-state index contributed by atoms with van der Waals surface area (Å²) in [5.41, 5.74) is 2.75. The predicted molar refractivity (Wildman–Crippen MR) is 80.6 cm³/mol. The largest absolute Gasteiger partial charge is 0.507 e. The zero-order valence-electron chi connectivity index (χ0n) is 9.92. The molecule has 102 valence electrons. The minimum Gasteiger partial charge on any atom is -0.507 e. The second-order valence-corrected chi connectivity index (χ2v) is 5.46. The molecule has 1 heterocycles. The average molecular weight is 400 g/mol. The number of hydrogen-bond acceptors (Lipinski definition) is 5. The smallest absolute Gasteiger partial charge is 0.309 e. The number of aromatic nitrogens is 2. The quantitative estimate of drug-likeness (QED) is 0.613. The molecule has 0 bridgehead atoms. The second-order valence-electron chi connectivity index (χ2n) is 3.63. The van der Waals surface area contributed by atoms with Gasteiger partial charge in [-0.1, -0.05) is 15.9 Å². The van der Waals surface area contributed by atoms with Crippen molar-refractivity contribution in [2.75, 3.05) is 0 Å². The molecule has 0 aliphatic heterocycles. The maximum atomic E-state index is 11.7. The first-order chi connectivity index (χ1) is 9.56. The standard InChI is InChI=1S/C12H8Br2N4O2/c13-8-2-1-7(10(19)3-8)4-17-18-12(20)11-15-5-9(14)6-16-11/h1-6,19H,(H,18,20)/b17-4+. The minimum atomic E-state index is -0.537. The molecular formula is C12H8Br2N4O2. The van der Waals surface area contributed by atoms with Crippen molar-refractivity contribution in [2.45, 2.75) is 0 Å². The Morgan fingerprint density at radius 2 is 1.95 bits per heavy atom. The number of carbonyl (C=O) groups is 1. The predicted octanol–water partition coefficient (Wildman–Crippen LogP) is 2.47. The van der Waals surface area contributed by atoms with E-state index in [4.69, 9.17) is 0 Å². The molecule has 0 unspecified atom stereocenters. The molecule has 0 atom stereocenters. The van der Waals surface area contributed by atoms with E-state index in [0.29, 0.717) is 10.0 Å². The van der Waals surface area contributed by atoms with E-state index in [0.717, 1.165) is 4.47 Å². The van der Waals surface area contributed by atoms with Gasteiger partial charge in [-0.15, -0.1) is 0 Å². The fraction of sp³-hybridized carbons (Fsp3) is 0. The Balaban J connectivity index is 2.02. The third kappa shape index (κ3) is 3.84. The molecule has 1 amide bonds. The van der Waals surface area contributed by atoms with Crippen LogP contribution in [-0.4, -0.2) is 27.2 Å². The lowest BCUT2D eigenvalue weighted by Crippen LogP contribution is -2.20. The Labute approximate surface area is 131 Å². The maximum absolute atomic E-state index is 11.7. The second kappa shape index (κ2) is 6.58. The van der Waals surface area contributed by atoms with Crippen LogP contribution in [0.5, 0.6) is 5.75 Å². The molecule has 0 spiro atoms. The highest BCUT2D eigenvalue weighted by molar-refractivity contribution is 9.10. The SMILES string of the molecule is O=C(N/N=C/c1ccc(Br)cc1O)c1ncc(Br)cn1. The number of phenols is 1. The van der Waals surface area contributed by atoms with E-state index in [1.165, 1.54) is 24.7 Å². The summed E-state index contributed by atoms with van der Waals surface area (Å²) in [6, 6.07) is 4.94. The van der Waals surface area contributed by atoms with Crippen LogP contribution < -0.4 is 5.43 Å². The summed E-state index contributed by atoms with van der Waals surface area (Å²) in [6.45, 7) is 0. The lowest BCUT2D eigenvalue weighted by atomic mass is 10.2. The first kappa shape index (κ1) is 14.6. The number of phenolic OH excluding ortho intramolecular Hbond substituents is 1. The van der Waals surface area contributed by atoms with Crippen molar-refractivity contribution in [2.24, 2.45) is 5.10 Å². The van der Waals surface area contributed by atoms with Gasteiger partial charge in [-0.05, 0) is 34.1 Å². The van der Waals surface area contributed by atoms with Gasteiger partial charge in [0.05, 0.1) is 10.7 Å². The van der Waals surface area contributed by atoms with Crippen molar-refractivity contribution in [1.29, 1.82) is 0 Å². The van der Waals surface area contributed by atoms with Crippen molar-refractivity contribution in [3.63, 3.8) is 0 Å². The highest BCUT2D eigenvalue weighted by Gasteiger charge is 2.07. The maximum Gasteiger partial charge on any atom is 0.309 e. The fourth-order valence-corrected chi connectivity index (χ4v) is 1.82. The molecule has 0 saturated carbocycles. The number of hydrogen-bond donors (Lipinski definition) is 2. The zero-order valence-corrected chi connectivity index (χ0v) is 13.1. The van der Waals surface area contributed by atoms with Gasteiger partial charge in [0.2, 0.25) is 5.82 Å². The van der Waals surface area contributed by atoms with Crippen LogP contribution in [0.3, 0.4) is 0 Å². The number of nitrogens with one attached hydrogen (secondary N) is 1. The van der Waals surface area contributed by atoms with Crippen LogP contribution in [0, 0.1) is 0 Å². The monoisotopic (exact) mass is 398 g/mol. The molecule has 6 nitrogen and oxygen atoms in total. The van der Waals surface area contributed by atoms with Crippen LogP contribution >= 0.6 is 31.9 Å². The number of nitrogens with zero attached hydrogens (tertiary/aromatic N) is 3. The van der Waals surface area contributed by atoms with Crippen LogP contribution in [0.4, 0.5) is 0 Å². The van der Waals surface area contributed by atoms with Crippen molar-refractivity contribution in [3.05, 3.63) is 50.9 Å². The molecule has 20 heavy (non-hydrogen) atoms. The first-order valence-corrected chi connectivity index (χ1v) is 6.94. The van der Waals surface area contributed by atoms with Crippen LogP contribution in [0.1, 0.15) is 16.2 Å². The molecule has 2 N–H and O–H groups in total. The van der Waals surface area contributed by atoms with Gasteiger partial charge < -0.3 is 5.11 Å². The van der Waals surface area contributed by atoms with Gasteiger partial charge in [0.15, 0.2) is 0 Å². The molecule has 8 heteroatoms. The summed E-state index contributed by atoms with van der Waals surface area (Å²) in [7, 11) is 0. The van der Waals surface area contributed by atoms with Gasteiger partial charge in [0.25, 0.3) is 0 Å². The van der Waals surface area contributed by atoms with Crippen molar-refractivity contribution < 1.29 is 9.90 Å². The Morgan fingerprint density at radius 1 is 1.25 bits per heavy atom. The van der Waals surface area contributed by atoms with Gasteiger partial charge >= 0.3 is 5.91 Å². The number of amides is 1. The van der Waals surface area contributed by atoms with Crippen LogP contribution in [0.15, 0.2) is 44.6 Å². The molecule has 0 saturated heterocycles. The van der Waals surface area contributed by atoms with Gasteiger partial charge in [0, 0.05) is 22.4 Å². The first-order valence-electron chi connectivity index (χ1n) is 5.36. The number of aromatic hydroxyl groups is 1. The summed E-state index contributed by atoms with van der Waals surface area (Å²) in [5.74, 6) is -0.479. The van der Waals surface area contributed by atoms with E-state index in [1.54, 1.807) is 12.1 Å². The summed E-state index contributed by atoms with van der Waals surface area (Å²) in [6.07, 6.45) is 4.26. The molecule has 2 aromatic rings. The van der Waals surface area contributed by atoms with E-state index in [-0.39, 0.29) is 11.6 Å². The molecule has 0 radical (unpaired) electrons. The van der Waals surface area contributed by atoms with Crippen LogP contribution in [-0.2, 0) is 0 Å². The Bertz CT molecular complexity index is 659. The molecule has 0 aliphatic rings. The zero-order chi connectivity index (χ0) is 14.5. The molecule has 0 aliphatic carbocycles. The Kier molecular flexibility index (Phi) is 4.80. The van der Waals surface area contributed by atoms with Crippen LogP contribution in [0.2, 0.25) is 0 Å². The highest BCUT2D eigenvalue weighted by Crippen LogP contribution is 2.20. The molecule has 0 fully saturated rings. The lowest BCUT2D eigenvalue weighted by Gasteiger charge is -2.00. The third-order valence-corrected chi connectivity index (χ3v) is 3.09. The van der Waals surface area contributed by atoms with E-state index in [9.17, 15) is 9.90 Å². The number of benzene rings is 1. The van der Waals surface area contributed by atoms with Crippen molar-refractivity contribution in [3.8, 4) is 5.75 Å². The van der Waals surface area contributed by atoms with Crippen molar-refractivity contribution in [1.82, 2.24) is 15.4 Å². The van der Waals surface area contributed by atoms with Crippen molar-refractivity contribution >= 4 is 44.0 Å². The summed E-state index contributed by atoms with van der Waals surface area (Å²) >= 11 is 6.40. The minimum absolute atomic E-state index is 0.00498. The molecule has 2 rings (SSSR count). The molecule has 1 aromatic carbocycles. The third-order valence-electron chi connectivity index (χ3n) is 2.19. The summed E-state index contributed by atoms with van der Waals surface area (Å²) in [4.78, 5) is 19.3. The average Bonchev–Trinajstić information content (AvgIpc) is 2.42. The number of carbonyl (C=O) groups excluding carboxylic acids is 1. The van der Waals surface area contributed by atoms with Gasteiger partial charge in [-0.3, -0.25) is 4.79 Å². The summed E-state index contributed by atoms with van der Waals surface area (Å²) in [5, 5.41) is 13.4. The van der Waals surface area contributed by atoms with E-state index >= 15 is 0 Å². The van der Waals surface area contributed by atoms with Gasteiger partial charge in [0.1, 0.15) is 5.75 Å². The number of rotatable bonds is 3. The molecular weight excluding hydrogens is 392 g/mol. The normalized spacial score (nSPS) is 10.7. The highest BCUT2D eigenvalue weighted by atomic mass is 79.9. The fourth-order valence-electron chi connectivity index (χ4n) is 1.27. The lowest BCUT2D eigenvalue weighted by molar-refractivity contribution is 0.0944. The van der Waals surface area contributed by atoms with Crippen LogP contribution in [0.25, 0.3) is 0 Å².